The summed E-state index contributed by atoms with van der Waals surface area (Å²) >= 11 is 0. The van der Waals surface area contributed by atoms with Gasteiger partial charge < -0.3 is 4.74 Å². The highest BCUT2D eigenvalue weighted by Crippen LogP contribution is 2.23. The molecule has 4 nitrogen and oxygen atoms in total. The summed E-state index contributed by atoms with van der Waals surface area (Å²) in [4.78, 5) is 0. The average molecular weight is 231 g/mol. The molecule has 0 radical (unpaired) electrons. The van der Waals surface area contributed by atoms with E-state index in [-0.39, 0.29) is 0 Å². The number of aryl methyl sites for hydroxylation is 1. The average Bonchev–Trinajstić information content (AvgIpc) is 2.84. The van der Waals surface area contributed by atoms with Crippen molar-refractivity contribution >= 4 is 0 Å². The van der Waals surface area contributed by atoms with E-state index in [1.807, 2.05) is 24.3 Å². The molecule has 2 aromatic rings. The van der Waals surface area contributed by atoms with Crippen molar-refractivity contribution in [3.8, 4) is 17.0 Å². The van der Waals surface area contributed by atoms with E-state index in [2.05, 4.69) is 22.3 Å². The van der Waals surface area contributed by atoms with Crippen molar-refractivity contribution in [2.75, 3.05) is 7.11 Å². The number of hydrogen-bond donors (Lipinski definition) is 1. The maximum absolute atomic E-state index is 5.14. The number of aromatic amines is 1. The molecule has 1 aromatic heterocycles. The second kappa shape index (κ2) is 5.48. The largest absolute Gasteiger partial charge is 0.497 e. The van der Waals surface area contributed by atoms with Crippen LogP contribution in [0.4, 0.5) is 0 Å². The number of methoxy groups -OCH3 is 1. The van der Waals surface area contributed by atoms with Crippen molar-refractivity contribution in [1.82, 2.24) is 15.4 Å². The molecule has 17 heavy (non-hydrogen) atoms. The fourth-order valence-electron chi connectivity index (χ4n) is 1.75. The third-order valence-electron chi connectivity index (χ3n) is 2.75. The normalized spacial score (nSPS) is 10.5. The number of hydrogen-bond acceptors (Lipinski definition) is 3. The third kappa shape index (κ3) is 2.64. The molecule has 0 fully saturated rings. The molecule has 1 heterocycles. The minimum Gasteiger partial charge on any atom is -0.497 e. The Morgan fingerprint density at radius 1 is 1.18 bits per heavy atom. The minimum absolute atomic E-state index is 0.854. The topological polar surface area (TPSA) is 50.8 Å². The molecule has 2 rings (SSSR count). The van der Waals surface area contributed by atoms with Crippen molar-refractivity contribution in [1.29, 1.82) is 0 Å². The van der Waals surface area contributed by atoms with Gasteiger partial charge in [-0.15, -0.1) is 0 Å². The Balaban J connectivity index is 2.23. The molecule has 0 unspecified atom stereocenters. The van der Waals surface area contributed by atoms with Crippen LogP contribution in [0.5, 0.6) is 5.75 Å². The number of aromatic nitrogens is 3. The molecule has 1 N–H and O–H groups in total. The zero-order valence-electron chi connectivity index (χ0n) is 10.2. The van der Waals surface area contributed by atoms with Gasteiger partial charge in [0.1, 0.15) is 11.4 Å². The zero-order chi connectivity index (χ0) is 12.1. The van der Waals surface area contributed by atoms with Crippen molar-refractivity contribution in [2.45, 2.75) is 26.2 Å². The summed E-state index contributed by atoms with van der Waals surface area (Å²) < 4.78 is 5.14. The molecule has 0 saturated carbocycles. The van der Waals surface area contributed by atoms with E-state index >= 15 is 0 Å². The monoisotopic (exact) mass is 231 g/mol. The van der Waals surface area contributed by atoms with Gasteiger partial charge >= 0.3 is 0 Å². The first-order chi connectivity index (χ1) is 8.35. The molecule has 0 aliphatic rings. The fourth-order valence-corrected chi connectivity index (χ4v) is 1.75. The maximum atomic E-state index is 5.14. The first-order valence-electron chi connectivity index (χ1n) is 5.89. The van der Waals surface area contributed by atoms with E-state index in [4.69, 9.17) is 4.74 Å². The Morgan fingerprint density at radius 2 is 1.94 bits per heavy atom. The summed E-state index contributed by atoms with van der Waals surface area (Å²) in [5, 5.41) is 11.1. The van der Waals surface area contributed by atoms with Crippen molar-refractivity contribution < 1.29 is 4.74 Å². The summed E-state index contributed by atoms with van der Waals surface area (Å²) in [7, 11) is 1.66. The van der Waals surface area contributed by atoms with Crippen LogP contribution in [0.2, 0.25) is 0 Å². The molecule has 4 heteroatoms. The molecule has 0 bridgehead atoms. The fraction of sp³-hybridized carbons (Fsp3) is 0.385. The van der Waals surface area contributed by atoms with Crippen LogP contribution >= 0.6 is 0 Å². The van der Waals surface area contributed by atoms with E-state index in [0.717, 1.165) is 42.0 Å². The highest BCUT2D eigenvalue weighted by Gasteiger charge is 2.09. The molecule has 0 aliphatic heterocycles. The predicted molar refractivity (Wildman–Crippen MR) is 67.0 cm³/mol. The summed E-state index contributed by atoms with van der Waals surface area (Å²) in [5.41, 5.74) is 3.06. The molecular formula is C13H17N3O. The predicted octanol–water partition coefficient (Wildman–Crippen LogP) is 2.82. The van der Waals surface area contributed by atoms with Crippen molar-refractivity contribution in [3.63, 3.8) is 0 Å². The van der Waals surface area contributed by atoms with Gasteiger partial charge in [-0.1, -0.05) is 13.3 Å². The van der Waals surface area contributed by atoms with E-state index in [0.29, 0.717) is 0 Å². The molecular weight excluding hydrogens is 214 g/mol. The first kappa shape index (κ1) is 11.6. The van der Waals surface area contributed by atoms with Crippen LogP contribution in [0, 0.1) is 0 Å². The highest BCUT2D eigenvalue weighted by atomic mass is 16.5. The molecule has 0 aliphatic carbocycles. The summed E-state index contributed by atoms with van der Waals surface area (Å²) in [6.45, 7) is 2.17. The molecule has 90 valence electrons. The lowest BCUT2D eigenvalue weighted by atomic mass is 10.1. The summed E-state index contributed by atoms with van der Waals surface area (Å²) in [5.74, 6) is 0.854. The van der Waals surface area contributed by atoms with Crippen LogP contribution in [-0.4, -0.2) is 22.5 Å². The lowest BCUT2D eigenvalue weighted by Crippen LogP contribution is -1.90. The Labute approximate surface area is 101 Å². The third-order valence-corrected chi connectivity index (χ3v) is 2.75. The van der Waals surface area contributed by atoms with E-state index in [1.165, 1.54) is 0 Å². The quantitative estimate of drug-likeness (QED) is 0.860. The minimum atomic E-state index is 0.854. The number of benzene rings is 1. The molecule has 0 atom stereocenters. The Morgan fingerprint density at radius 3 is 2.59 bits per heavy atom. The first-order valence-corrected chi connectivity index (χ1v) is 5.89. The van der Waals surface area contributed by atoms with Crippen LogP contribution in [0.1, 0.15) is 25.5 Å². The van der Waals surface area contributed by atoms with E-state index in [9.17, 15) is 0 Å². The van der Waals surface area contributed by atoms with Crippen molar-refractivity contribution in [3.05, 3.63) is 30.0 Å². The lowest BCUT2D eigenvalue weighted by Gasteiger charge is -2.02. The number of rotatable bonds is 5. The van der Waals surface area contributed by atoms with Crippen LogP contribution in [-0.2, 0) is 6.42 Å². The molecule has 0 spiro atoms. The summed E-state index contributed by atoms with van der Waals surface area (Å²) in [6, 6.07) is 7.89. The van der Waals surface area contributed by atoms with Crippen LogP contribution in [0.25, 0.3) is 11.3 Å². The van der Waals surface area contributed by atoms with Gasteiger partial charge in [-0.25, -0.2) is 0 Å². The Bertz CT molecular complexity index is 462. The van der Waals surface area contributed by atoms with Gasteiger partial charge in [0.2, 0.25) is 0 Å². The van der Waals surface area contributed by atoms with Gasteiger partial charge in [-0.05, 0) is 37.1 Å². The van der Waals surface area contributed by atoms with E-state index < -0.39 is 0 Å². The number of unbranched alkanes of at least 4 members (excludes halogenated alkanes) is 1. The second-order valence-corrected chi connectivity index (χ2v) is 3.95. The number of nitrogens with one attached hydrogen (secondary N) is 1. The molecule has 0 saturated heterocycles. The smallest absolute Gasteiger partial charge is 0.118 e. The SMILES string of the molecule is CCCCc1n[nH]nc1-c1ccc(OC)cc1. The van der Waals surface area contributed by atoms with Crippen LogP contribution in [0.15, 0.2) is 24.3 Å². The molecule has 1 aromatic carbocycles. The van der Waals surface area contributed by atoms with Gasteiger partial charge in [0, 0.05) is 5.56 Å². The maximum Gasteiger partial charge on any atom is 0.118 e. The number of nitrogens with zero attached hydrogens (tertiary/aromatic N) is 2. The lowest BCUT2D eigenvalue weighted by molar-refractivity contribution is 0.415. The highest BCUT2D eigenvalue weighted by molar-refractivity contribution is 5.62. The van der Waals surface area contributed by atoms with Crippen LogP contribution in [0.3, 0.4) is 0 Å². The second-order valence-electron chi connectivity index (χ2n) is 3.95. The van der Waals surface area contributed by atoms with E-state index in [1.54, 1.807) is 7.11 Å². The van der Waals surface area contributed by atoms with Gasteiger partial charge in [0.15, 0.2) is 0 Å². The van der Waals surface area contributed by atoms with Gasteiger partial charge in [-0.3, -0.25) is 0 Å². The Kier molecular flexibility index (Phi) is 3.75. The number of H-pyrrole nitrogens is 1. The van der Waals surface area contributed by atoms with Crippen LogP contribution < -0.4 is 4.74 Å². The van der Waals surface area contributed by atoms with Crippen molar-refractivity contribution in [2.24, 2.45) is 0 Å². The number of ether oxygens (including phenoxy) is 1. The summed E-state index contributed by atoms with van der Waals surface area (Å²) in [6.07, 6.45) is 3.26. The van der Waals surface area contributed by atoms with Gasteiger partial charge in [0.25, 0.3) is 0 Å². The van der Waals surface area contributed by atoms with Gasteiger partial charge in [-0.2, -0.15) is 15.4 Å². The Hall–Kier alpha value is -1.84. The molecule has 0 amide bonds. The zero-order valence-corrected chi connectivity index (χ0v) is 10.2. The standard InChI is InChI=1S/C13H17N3O/c1-3-4-5-12-13(15-16-14-12)10-6-8-11(17-2)9-7-10/h6-9H,3-5H2,1-2H3,(H,14,15,16). The van der Waals surface area contributed by atoms with Gasteiger partial charge in [0.05, 0.1) is 12.8 Å².